The van der Waals surface area contributed by atoms with Crippen molar-refractivity contribution in [1.82, 2.24) is 4.98 Å². The van der Waals surface area contributed by atoms with Crippen molar-refractivity contribution >= 4 is 22.7 Å². The zero-order chi connectivity index (χ0) is 20.7. The first-order valence-corrected chi connectivity index (χ1v) is 10.0. The molecule has 144 valence electrons. The van der Waals surface area contributed by atoms with Gasteiger partial charge >= 0.3 is 0 Å². The zero-order valence-electron chi connectivity index (χ0n) is 17.0. The first kappa shape index (κ1) is 18.1. The van der Waals surface area contributed by atoms with Crippen LogP contribution in [-0.4, -0.2) is 4.98 Å². The number of fused-ring (bicyclic) bond motifs is 2. The molecule has 0 unspecified atom stereocenters. The van der Waals surface area contributed by atoms with Crippen molar-refractivity contribution in [2.45, 2.75) is 19.3 Å². The number of hydrogen-bond acceptors (Lipinski definition) is 2. The maximum atomic E-state index is 7.38. The molecule has 3 heteroatoms. The minimum atomic E-state index is -0.0963. The van der Waals surface area contributed by atoms with Crippen LogP contribution >= 0.6 is 0 Å². The Morgan fingerprint density at radius 3 is 1.97 bits per heavy atom. The van der Waals surface area contributed by atoms with Crippen molar-refractivity contribution < 1.29 is 0 Å². The Morgan fingerprint density at radius 2 is 1.33 bits per heavy atom. The van der Waals surface area contributed by atoms with Gasteiger partial charge in [0.15, 0.2) is 5.69 Å². The molecule has 0 bridgehead atoms. The topological polar surface area (TPSA) is 20.5 Å². The summed E-state index contributed by atoms with van der Waals surface area (Å²) in [4.78, 5) is 10.5. The van der Waals surface area contributed by atoms with Crippen LogP contribution in [0.3, 0.4) is 0 Å². The molecule has 0 amide bonds. The van der Waals surface area contributed by atoms with Gasteiger partial charge in [-0.3, -0.25) is 4.98 Å². The van der Waals surface area contributed by atoms with E-state index < -0.39 is 0 Å². The van der Waals surface area contributed by atoms with Crippen molar-refractivity contribution in [3.63, 3.8) is 0 Å². The van der Waals surface area contributed by atoms with Gasteiger partial charge in [0.2, 0.25) is 0 Å². The fraction of sp³-hybridized carbons (Fsp3) is 0.111. The van der Waals surface area contributed by atoms with E-state index in [1.807, 2.05) is 12.1 Å². The van der Waals surface area contributed by atoms with E-state index in [-0.39, 0.29) is 5.41 Å². The first-order chi connectivity index (χ1) is 14.6. The molecule has 0 N–H and O–H groups in total. The SMILES string of the molecule is [C-]#[N+]c1ccnc(-c2ccccc2N2c3ccccc3C(C)(C)c3ccccc32)c1. The number of hydrogen-bond donors (Lipinski definition) is 0. The summed E-state index contributed by atoms with van der Waals surface area (Å²) in [6, 6.07) is 29.1. The average molecular weight is 387 g/mol. The summed E-state index contributed by atoms with van der Waals surface area (Å²) in [7, 11) is 0. The summed E-state index contributed by atoms with van der Waals surface area (Å²) < 4.78 is 0. The molecule has 4 aromatic rings. The predicted molar refractivity (Wildman–Crippen MR) is 123 cm³/mol. The smallest absolute Gasteiger partial charge is 0.190 e. The van der Waals surface area contributed by atoms with Crippen LogP contribution < -0.4 is 4.90 Å². The van der Waals surface area contributed by atoms with Crippen LogP contribution in [0.4, 0.5) is 22.7 Å². The second kappa shape index (κ2) is 6.86. The predicted octanol–water partition coefficient (Wildman–Crippen LogP) is 7.41. The third-order valence-electron chi connectivity index (χ3n) is 5.93. The molecule has 3 aromatic carbocycles. The molecule has 0 saturated carbocycles. The van der Waals surface area contributed by atoms with E-state index in [9.17, 15) is 0 Å². The van der Waals surface area contributed by atoms with Crippen LogP contribution in [0.2, 0.25) is 0 Å². The fourth-order valence-corrected chi connectivity index (χ4v) is 4.45. The molecule has 0 atom stereocenters. The third-order valence-corrected chi connectivity index (χ3v) is 5.93. The number of aromatic nitrogens is 1. The number of nitrogens with zero attached hydrogens (tertiary/aromatic N) is 3. The van der Waals surface area contributed by atoms with Crippen molar-refractivity contribution in [1.29, 1.82) is 0 Å². The standard InChI is InChI=1S/C27H21N3/c1-27(2)21-11-5-8-14-25(21)30(26-15-9-6-12-22(26)27)24-13-7-4-10-20(24)23-18-19(28-3)16-17-29-23/h4-18H,1-2H3. The molecule has 1 aromatic heterocycles. The van der Waals surface area contributed by atoms with Gasteiger partial charge in [0.1, 0.15) is 0 Å². The molecule has 0 fully saturated rings. The molecule has 0 spiro atoms. The summed E-state index contributed by atoms with van der Waals surface area (Å²) in [6.45, 7) is 11.9. The van der Waals surface area contributed by atoms with Crippen LogP contribution in [-0.2, 0) is 5.41 Å². The molecule has 2 heterocycles. The number of rotatable bonds is 2. The number of pyridine rings is 1. The minimum absolute atomic E-state index is 0.0963. The van der Waals surface area contributed by atoms with Crippen LogP contribution in [0.25, 0.3) is 16.1 Å². The van der Waals surface area contributed by atoms with Gasteiger partial charge in [0.25, 0.3) is 0 Å². The largest absolute Gasteiger partial charge is 0.309 e. The van der Waals surface area contributed by atoms with Crippen molar-refractivity contribution in [3.05, 3.63) is 114 Å². The van der Waals surface area contributed by atoms with Gasteiger partial charge in [-0.25, -0.2) is 4.85 Å². The van der Waals surface area contributed by atoms with Gasteiger partial charge in [-0.2, -0.15) is 0 Å². The lowest BCUT2D eigenvalue weighted by atomic mass is 9.73. The molecule has 0 radical (unpaired) electrons. The minimum Gasteiger partial charge on any atom is -0.309 e. The summed E-state index contributed by atoms with van der Waals surface area (Å²) in [6.07, 6.45) is 1.71. The third kappa shape index (κ3) is 2.69. The van der Waals surface area contributed by atoms with Crippen LogP contribution in [0.15, 0.2) is 91.1 Å². The Kier molecular flexibility index (Phi) is 4.15. The highest BCUT2D eigenvalue weighted by atomic mass is 15.2. The van der Waals surface area contributed by atoms with Gasteiger partial charge < -0.3 is 4.90 Å². The maximum absolute atomic E-state index is 7.38. The highest BCUT2D eigenvalue weighted by molar-refractivity contribution is 5.92. The van der Waals surface area contributed by atoms with Crippen molar-refractivity contribution in [3.8, 4) is 11.3 Å². The molecule has 0 saturated heterocycles. The first-order valence-electron chi connectivity index (χ1n) is 10.0. The highest BCUT2D eigenvalue weighted by Crippen LogP contribution is 2.52. The van der Waals surface area contributed by atoms with Crippen LogP contribution in [0.1, 0.15) is 25.0 Å². The fourth-order valence-electron chi connectivity index (χ4n) is 4.45. The van der Waals surface area contributed by atoms with Gasteiger partial charge in [-0.1, -0.05) is 68.4 Å². The Bertz CT molecular complexity index is 1250. The summed E-state index contributed by atoms with van der Waals surface area (Å²) in [5.74, 6) is 0. The molecule has 0 aliphatic carbocycles. The quantitative estimate of drug-likeness (QED) is 0.334. The normalized spacial score (nSPS) is 13.8. The Hall–Kier alpha value is -3.90. The average Bonchev–Trinajstić information content (AvgIpc) is 2.80. The lowest BCUT2D eigenvalue weighted by Crippen LogP contribution is -2.30. The molecule has 1 aliphatic rings. The number of para-hydroxylation sites is 3. The molecule has 1 aliphatic heterocycles. The van der Waals surface area contributed by atoms with E-state index in [2.05, 4.69) is 95.3 Å². The van der Waals surface area contributed by atoms with E-state index in [1.54, 1.807) is 12.3 Å². The van der Waals surface area contributed by atoms with Gasteiger partial charge in [0, 0.05) is 17.2 Å². The molecular weight excluding hydrogens is 366 g/mol. The molecule has 5 rings (SSSR count). The summed E-state index contributed by atoms with van der Waals surface area (Å²) in [5.41, 5.74) is 8.30. The molecule has 3 nitrogen and oxygen atoms in total. The summed E-state index contributed by atoms with van der Waals surface area (Å²) in [5, 5.41) is 0. The van der Waals surface area contributed by atoms with E-state index in [1.165, 1.54) is 22.5 Å². The Labute approximate surface area is 177 Å². The zero-order valence-corrected chi connectivity index (χ0v) is 17.0. The van der Waals surface area contributed by atoms with Crippen LogP contribution in [0.5, 0.6) is 0 Å². The molecular formula is C27H21N3. The van der Waals surface area contributed by atoms with E-state index >= 15 is 0 Å². The van der Waals surface area contributed by atoms with Crippen molar-refractivity contribution in [2.24, 2.45) is 0 Å². The molecule has 30 heavy (non-hydrogen) atoms. The lowest BCUT2D eigenvalue weighted by molar-refractivity contribution is 0.632. The highest BCUT2D eigenvalue weighted by Gasteiger charge is 2.36. The van der Waals surface area contributed by atoms with E-state index in [0.29, 0.717) is 5.69 Å². The van der Waals surface area contributed by atoms with E-state index in [4.69, 9.17) is 6.57 Å². The van der Waals surface area contributed by atoms with Gasteiger partial charge in [-0.05, 0) is 41.5 Å². The van der Waals surface area contributed by atoms with Gasteiger partial charge in [-0.15, -0.1) is 0 Å². The lowest BCUT2D eigenvalue weighted by Gasteiger charge is -2.42. The second-order valence-electron chi connectivity index (χ2n) is 8.02. The maximum Gasteiger partial charge on any atom is 0.190 e. The Balaban J connectivity index is 1.80. The second-order valence-corrected chi connectivity index (χ2v) is 8.02. The van der Waals surface area contributed by atoms with Crippen LogP contribution in [0, 0.1) is 6.57 Å². The Morgan fingerprint density at radius 1 is 0.767 bits per heavy atom. The van der Waals surface area contributed by atoms with Crippen molar-refractivity contribution in [2.75, 3.05) is 4.90 Å². The van der Waals surface area contributed by atoms with Gasteiger partial charge in [0.05, 0.1) is 29.3 Å². The number of anilines is 3. The number of benzene rings is 3. The van der Waals surface area contributed by atoms with E-state index in [0.717, 1.165) is 16.9 Å². The summed E-state index contributed by atoms with van der Waals surface area (Å²) >= 11 is 0. The monoisotopic (exact) mass is 387 g/mol.